The highest BCUT2D eigenvalue weighted by Gasteiger charge is 2.10. The number of nitrogens with one attached hydrogen (secondary N) is 1. The molecular formula is C17H33N3. The number of nitrogens with zero attached hydrogens (tertiary/aromatic N) is 2. The molecule has 1 atom stereocenters. The van der Waals surface area contributed by atoms with Crippen LogP contribution in [0.5, 0.6) is 0 Å². The van der Waals surface area contributed by atoms with Crippen LogP contribution in [0.2, 0.25) is 0 Å². The zero-order valence-electron chi connectivity index (χ0n) is 13.7. The first-order chi connectivity index (χ1) is 9.81. The number of aryl methyl sites for hydroxylation is 1. The molecule has 0 aliphatic rings. The summed E-state index contributed by atoms with van der Waals surface area (Å²) in [5.74, 6) is 0. The van der Waals surface area contributed by atoms with Crippen LogP contribution < -0.4 is 5.32 Å². The largest absolute Gasteiger partial charge is 0.313 e. The molecule has 1 aromatic rings. The van der Waals surface area contributed by atoms with Crippen molar-refractivity contribution < 1.29 is 0 Å². The van der Waals surface area contributed by atoms with Gasteiger partial charge in [-0.3, -0.25) is 4.68 Å². The molecule has 0 bridgehead atoms. The molecule has 20 heavy (non-hydrogen) atoms. The van der Waals surface area contributed by atoms with Gasteiger partial charge in [0.2, 0.25) is 0 Å². The Morgan fingerprint density at radius 3 is 2.40 bits per heavy atom. The van der Waals surface area contributed by atoms with Crippen LogP contribution in [0.15, 0.2) is 12.4 Å². The smallest absolute Gasteiger partial charge is 0.0537 e. The van der Waals surface area contributed by atoms with Gasteiger partial charge in [-0.25, -0.2) is 0 Å². The molecule has 0 aliphatic heterocycles. The van der Waals surface area contributed by atoms with Gasteiger partial charge >= 0.3 is 0 Å². The second kappa shape index (κ2) is 10.9. The van der Waals surface area contributed by atoms with E-state index in [0.717, 1.165) is 13.0 Å². The summed E-state index contributed by atoms with van der Waals surface area (Å²) in [6.07, 6.45) is 16.2. The van der Waals surface area contributed by atoms with Crippen LogP contribution >= 0.6 is 0 Å². The van der Waals surface area contributed by atoms with E-state index in [-0.39, 0.29) is 0 Å². The summed E-state index contributed by atoms with van der Waals surface area (Å²) in [7, 11) is 2.06. The van der Waals surface area contributed by atoms with Gasteiger partial charge in [0.25, 0.3) is 0 Å². The highest BCUT2D eigenvalue weighted by Crippen LogP contribution is 2.19. The maximum atomic E-state index is 4.43. The Balaban J connectivity index is 2.21. The molecule has 0 amide bonds. The molecule has 0 aromatic carbocycles. The summed E-state index contributed by atoms with van der Waals surface area (Å²) in [6, 6.07) is 0.469. The summed E-state index contributed by atoms with van der Waals surface area (Å²) in [4.78, 5) is 0. The van der Waals surface area contributed by atoms with E-state index in [1.165, 1.54) is 56.9 Å². The van der Waals surface area contributed by atoms with Gasteiger partial charge in [0.05, 0.1) is 6.20 Å². The van der Waals surface area contributed by atoms with E-state index in [4.69, 9.17) is 0 Å². The Kier molecular flexibility index (Phi) is 9.38. The molecule has 0 radical (unpaired) electrons. The Morgan fingerprint density at radius 2 is 1.75 bits per heavy atom. The second-order valence-electron chi connectivity index (χ2n) is 5.79. The lowest BCUT2D eigenvalue weighted by Gasteiger charge is -2.14. The van der Waals surface area contributed by atoms with Crippen LogP contribution in [-0.4, -0.2) is 16.8 Å². The minimum absolute atomic E-state index is 0.469. The summed E-state index contributed by atoms with van der Waals surface area (Å²) >= 11 is 0. The maximum Gasteiger partial charge on any atom is 0.0537 e. The Labute approximate surface area is 125 Å². The summed E-state index contributed by atoms with van der Waals surface area (Å²) in [5.41, 5.74) is 1.34. The van der Waals surface area contributed by atoms with E-state index in [1.807, 2.05) is 6.20 Å². The van der Waals surface area contributed by atoms with Gasteiger partial charge in [-0.15, -0.1) is 0 Å². The third-order valence-corrected chi connectivity index (χ3v) is 3.95. The Morgan fingerprint density at radius 1 is 1.05 bits per heavy atom. The third kappa shape index (κ3) is 6.56. The lowest BCUT2D eigenvalue weighted by Crippen LogP contribution is -2.15. The SMILES string of the molecule is CCCCCCCCCC(NC)c1cnn(CCC)c1. The predicted molar refractivity (Wildman–Crippen MR) is 86.9 cm³/mol. The molecule has 0 aliphatic carbocycles. The summed E-state index contributed by atoms with van der Waals surface area (Å²) < 4.78 is 2.06. The number of hydrogen-bond donors (Lipinski definition) is 1. The first-order valence-corrected chi connectivity index (χ1v) is 8.51. The zero-order chi connectivity index (χ0) is 14.6. The van der Waals surface area contributed by atoms with Crippen LogP contribution in [0.4, 0.5) is 0 Å². The number of unbranched alkanes of at least 4 members (excludes halogenated alkanes) is 6. The molecule has 1 unspecified atom stereocenters. The molecule has 1 N–H and O–H groups in total. The van der Waals surface area contributed by atoms with E-state index >= 15 is 0 Å². The molecule has 0 fully saturated rings. The van der Waals surface area contributed by atoms with Crippen LogP contribution in [-0.2, 0) is 6.54 Å². The second-order valence-corrected chi connectivity index (χ2v) is 5.79. The normalized spacial score (nSPS) is 12.8. The van der Waals surface area contributed by atoms with Crippen LogP contribution in [0.25, 0.3) is 0 Å². The number of rotatable bonds is 12. The molecule has 0 saturated carbocycles. The molecule has 1 heterocycles. The quantitative estimate of drug-likeness (QED) is 0.562. The number of aromatic nitrogens is 2. The lowest BCUT2D eigenvalue weighted by molar-refractivity contribution is 0.495. The van der Waals surface area contributed by atoms with Crippen molar-refractivity contribution >= 4 is 0 Å². The fourth-order valence-electron chi connectivity index (χ4n) is 2.69. The van der Waals surface area contributed by atoms with E-state index in [0.29, 0.717) is 6.04 Å². The molecule has 116 valence electrons. The Bertz CT molecular complexity index is 333. The van der Waals surface area contributed by atoms with Crippen LogP contribution in [0.3, 0.4) is 0 Å². The molecule has 3 heteroatoms. The summed E-state index contributed by atoms with van der Waals surface area (Å²) in [6.45, 7) is 5.49. The lowest BCUT2D eigenvalue weighted by atomic mass is 10.0. The minimum Gasteiger partial charge on any atom is -0.313 e. The van der Waals surface area contributed by atoms with Crippen LogP contribution in [0.1, 0.15) is 83.2 Å². The number of hydrogen-bond acceptors (Lipinski definition) is 2. The average Bonchev–Trinajstić information content (AvgIpc) is 2.91. The van der Waals surface area contributed by atoms with Gasteiger partial charge in [0, 0.05) is 24.3 Å². The van der Waals surface area contributed by atoms with Crippen molar-refractivity contribution in [1.29, 1.82) is 0 Å². The van der Waals surface area contributed by atoms with Gasteiger partial charge in [0.15, 0.2) is 0 Å². The topological polar surface area (TPSA) is 29.9 Å². The van der Waals surface area contributed by atoms with Crippen molar-refractivity contribution in [2.24, 2.45) is 0 Å². The van der Waals surface area contributed by atoms with Crippen molar-refractivity contribution in [3.8, 4) is 0 Å². The van der Waals surface area contributed by atoms with Gasteiger partial charge in [0.1, 0.15) is 0 Å². The standard InChI is InChI=1S/C17H33N3/c1-4-6-7-8-9-10-11-12-17(18-3)16-14-19-20(15-16)13-5-2/h14-15,17-18H,4-13H2,1-3H3. The predicted octanol–water partition coefficient (Wildman–Crippen LogP) is 4.69. The zero-order valence-corrected chi connectivity index (χ0v) is 13.7. The van der Waals surface area contributed by atoms with E-state index < -0.39 is 0 Å². The molecule has 1 rings (SSSR count). The average molecular weight is 279 g/mol. The highest BCUT2D eigenvalue weighted by molar-refractivity contribution is 5.10. The van der Waals surface area contributed by atoms with Gasteiger partial charge in [-0.05, 0) is 19.9 Å². The Hall–Kier alpha value is -0.830. The molecule has 0 spiro atoms. The molecule has 0 saturated heterocycles. The van der Waals surface area contributed by atoms with Crippen molar-refractivity contribution in [1.82, 2.24) is 15.1 Å². The summed E-state index contributed by atoms with van der Waals surface area (Å²) in [5, 5.41) is 7.86. The maximum absolute atomic E-state index is 4.43. The van der Waals surface area contributed by atoms with Crippen LogP contribution in [0, 0.1) is 0 Å². The van der Waals surface area contributed by atoms with Crippen molar-refractivity contribution in [2.45, 2.75) is 84.2 Å². The van der Waals surface area contributed by atoms with Crippen molar-refractivity contribution in [3.05, 3.63) is 18.0 Å². The van der Waals surface area contributed by atoms with E-state index in [1.54, 1.807) is 0 Å². The van der Waals surface area contributed by atoms with Crippen molar-refractivity contribution in [2.75, 3.05) is 7.05 Å². The van der Waals surface area contributed by atoms with Gasteiger partial charge in [-0.1, -0.05) is 58.8 Å². The van der Waals surface area contributed by atoms with E-state index in [2.05, 4.69) is 42.2 Å². The highest BCUT2D eigenvalue weighted by atomic mass is 15.3. The van der Waals surface area contributed by atoms with Crippen molar-refractivity contribution in [3.63, 3.8) is 0 Å². The van der Waals surface area contributed by atoms with Gasteiger partial charge < -0.3 is 5.32 Å². The fourth-order valence-corrected chi connectivity index (χ4v) is 2.69. The molecule has 3 nitrogen and oxygen atoms in total. The molecular weight excluding hydrogens is 246 g/mol. The monoisotopic (exact) mass is 279 g/mol. The molecule has 1 aromatic heterocycles. The van der Waals surface area contributed by atoms with Gasteiger partial charge in [-0.2, -0.15) is 5.10 Å². The third-order valence-electron chi connectivity index (χ3n) is 3.95. The first-order valence-electron chi connectivity index (χ1n) is 8.51. The minimum atomic E-state index is 0.469. The first kappa shape index (κ1) is 17.2. The van der Waals surface area contributed by atoms with E-state index in [9.17, 15) is 0 Å². The fraction of sp³-hybridized carbons (Fsp3) is 0.824.